The van der Waals surface area contributed by atoms with Crippen LogP contribution >= 0.6 is 0 Å². The predicted octanol–water partition coefficient (Wildman–Crippen LogP) is 1.22. The van der Waals surface area contributed by atoms with Crippen molar-refractivity contribution in [3.05, 3.63) is 70.8 Å². The number of benzene rings is 5. The molecule has 4 amide bonds. The third-order valence-corrected chi connectivity index (χ3v) is 8.47. The highest BCUT2D eigenvalue weighted by atomic mass is 16.2. The molecule has 0 spiro atoms. The zero-order chi connectivity index (χ0) is 28.0. The number of imide groups is 2. The number of rotatable bonds is 6. The fraction of sp³-hybridized carbons (Fsp3) is 0.250. The van der Waals surface area contributed by atoms with E-state index in [1.54, 1.807) is 0 Å². The topological polar surface area (TPSA) is 83.6 Å². The molecule has 2 aliphatic rings. The molecule has 0 radical (unpaired) electrons. The van der Waals surface area contributed by atoms with Gasteiger partial charge in [0, 0.05) is 33.0 Å². The Bertz CT molecular complexity index is 1700. The van der Waals surface area contributed by atoms with Gasteiger partial charge in [-0.1, -0.05) is 24.3 Å². The maximum absolute atomic E-state index is 13.5. The van der Waals surface area contributed by atoms with E-state index in [2.05, 4.69) is 0 Å². The zero-order valence-electron chi connectivity index (χ0n) is 23.0. The summed E-state index contributed by atoms with van der Waals surface area (Å²) in [5.41, 5.74) is 2.12. The molecule has 8 heteroatoms. The molecular formula is C32H30N4O4+2. The van der Waals surface area contributed by atoms with Gasteiger partial charge in [0.2, 0.25) is 0 Å². The SMILES string of the molecule is C[NH+](C)CCN1C(=O)c2ccc3c4ccc5c6c(ccc(c7ccc(c2c37)C1=O)c64)C(=O)N(CC[NH+](C)C)C5=O. The molecule has 2 heterocycles. The van der Waals surface area contributed by atoms with Gasteiger partial charge in [-0.3, -0.25) is 29.0 Å². The van der Waals surface area contributed by atoms with E-state index in [1.165, 1.54) is 9.80 Å². The highest BCUT2D eigenvalue weighted by Gasteiger charge is 2.37. The van der Waals surface area contributed by atoms with Crippen LogP contribution in [0.4, 0.5) is 0 Å². The molecule has 0 atom stereocenters. The second-order valence-electron chi connectivity index (χ2n) is 11.6. The number of quaternary nitrogens is 2. The first-order valence-corrected chi connectivity index (χ1v) is 13.7. The monoisotopic (exact) mass is 534 g/mol. The van der Waals surface area contributed by atoms with E-state index in [9.17, 15) is 19.2 Å². The van der Waals surface area contributed by atoms with Gasteiger partial charge in [-0.25, -0.2) is 0 Å². The van der Waals surface area contributed by atoms with Crippen LogP contribution in [0.25, 0.3) is 43.1 Å². The van der Waals surface area contributed by atoms with Crippen molar-refractivity contribution in [3.8, 4) is 0 Å². The Hall–Kier alpha value is -4.40. The standard InChI is InChI=1S/C32H28N4O4/c1-33(2)13-15-35-29(37)21-9-5-17-19-7-11-23-28-24(32(40)36(31(23)39)16-14-34(3)4)12-8-20(26(19)28)18-6-10-22(30(35)38)27(21)25(17)18/h5-12H,13-16H2,1-4H3/p+2. The lowest BCUT2D eigenvalue weighted by molar-refractivity contribution is -0.857. The third kappa shape index (κ3) is 3.20. The molecule has 5 aromatic rings. The van der Waals surface area contributed by atoms with E-state index in [-0.39, 0.29) is 23.6 Å². The molecular weight excluding hydrogens is 504 g/mol. The molecule has 5 aromatic carbocycles. The van der Waals surface area contributed by atoms with Crippen molar-refractivity contribution >= 4 is 66.7 Å². The van der Waals surface area contributed by atoms with E-state index < -0.39 is 0 Å². The van der Waals surface area contributed by atoms with E-state index in [0.29, 0.717) is 59.2 Å². The largest absolute Gasteiger partial charge is 0.338 e. The highest BCUT2D eigenvalue weighted by molar-refractivity contribution is 6.41. The maximum atomic E-state index is 13.5. The van der Waals surface area contributed by atoms with Gasteiger partial charge in [0.15, 0.2) is 0 Å². The zero-order valence-corrected chi connectivity index (χ0v) is 23.0. The maximum Gasteiger partial charge on any atom is 0.261 e. The lowest BCUT2D eigenvalue weighted by Gasteiger charge is -2.30. The van der Waals surface area contributed by atoms with Gasteiger partial charge in [0.05, 0.1) is 54.4 Å². The molecule has 0 fully saturated rings. The summed E-state index contributed by atoms with van der Waals surface area (Å²) in [7, 11) is 7.98. The minimum Gasteiger partial charge on any atom is -0.338 e. The van der Waals surface area contributed by atoms with Gasteiger partial charge in [-0.15, -0.1) is 0 Å². The molecule has 7 rings (SSSR count). The highest BCUT2D eigenvalue weighted by Crippen LogP contribution is 2.46. The number of carbonyl (C=O) groups is 4. The molecule has 8 nitrogen and oxygen atoms in total. The first-order valence-electron chi connectivity index (χ1n) is 13.7. The van der Waals surface area contributed by atoms with Crippen molar-refractivity contribution in [1.82, 2.24) is 9.80 Å². The summed E-state index contributed by atoms with van der Waals surface area (Å²) in [6.45, 7) is 2.04. The van der Waals surface area contributed by atoms with Crippen LogP contribution in [-0.4, -0.2) is 87.8 Å². The van der Waals surface area contributed by atoms with Crippen LogP contribution in [0.5, 0.6) is 0 Å². The Balaban J connectivity index is 1.49. The van der Waals surface area contributed by atoms with Crippen molar-refractivity contribution in [2.75, 3.05) is 54.4 Å². The lowest BCUT2D eigenvalue weighted by atomic mass is 9.82. The van der Waals surface area contributed by atoms with E-state index in [1.807, 2.05) is 76.7 Å². The van der Waals surface area contributed by atoms with Crippen molar-refractivity contribution in [3.63, 3.8) is 0 Å². The van der Waals surface area contributed by atoms with Crippen LogP contribution in [0.15, 0.2) is 48.5 Å². The smallest absolute Gasteiger partial charge is 0.261 e. The Morgan fingerprint density at radius 1 is 0.450 bits per heavy atom. The average molecular weight is 535 g/mol. The van der Waals surface area contributed by atoms with Crippen LogP contribution in [0.1, 0.15) is 41.4 Å². The quantitative estimate of drug-likeness (QED) is 0.195. The summed E-state index contributed by atoms with van der Waals surface area (Å²) < 4.78 is 0. The van der Waals surface area contributed by atoms with Gasteiger partial charge in [0.25, 0.3) is 23.6 Å². The van der Waals surface area contributed by atoms with Crippen LogP contribution in [0.2, 0.25) is 0 Å². The number of fused-ring (bicyclic) bond motifs is 2. The van der Waals surface area contributed by atoms with Crippen LogP contribution in [0, 0.1) is 0 Å². The first kappa shape index (κ1) is 24.6. The normalized spacial score (nSPS) is 15.4. The van der Waals surface area contributed by atoms with Gasteiger partial charge in [-0.2, -0.15) is 0 Å². The number of likely N-dealkylation sites (N-methyl/N-ethyl adjacent to an activating group) is 2. The second kappa shape index (κ2) is 8.55. The minimum absolute atomic E-state index is 0.269. The van der Waals surface area contributed by atoms with Crippen LogP contribution < -0.4 is 9.80 Å². The fourth-order valence-electron chi connectivity index (χ4n) is 6.44. The van der Waals surface area contributed by atoms with Gasteiger partial charge >= 0.3 is 0 Å². The molecule has 0 saturated carbocycles. The molecule has 0 saturated heterocycles. The van der Waals surface area contributed by atoms with Crippen molar-refractivity contribution in [1.29, 1.82) is 0 Å². The lowest BCUT2D eigenvalue weighted by Crippen LogP contribution is -3.06. The molecule has 0 aromatic heterocycles. The van der Waals surface area contributed by atoms with Crippen molar-refractivity contribution < 1.29 is 29.0 Å². The molecule has 0 bridgehead atoms. The van der Waals surface area contributed by atoms with E-state index >= 15 is 0 Å². The van der Waals surface area contributed by atoms with Gasteiger partial charge in [-0.05, 0) is 56.6 Å². The molecule has 40 heavy (non-hydrogen) atoms. The number of carbonyl (C=O) groups excluding carboxylic acids is 4. The molecule has 0 unspecified atom stereocenters. The number of nitrogens with zero attached hydrogens (tertiary/aromatic N) is 2. The van der Waals surface area contributed by atoms with E-state index in [4.69, 9.17) is 0 Å². The fourth-order valence-corrected chi connectivity index (χ4v) is 6.44. The summed E-state index contributed by atoms with van der Waals surface area (Å²) in [5, 5.41) is 6.70. The van der Waals surface area contributed by atoms with E-state index in [0.717, 1.165) is 42.1 Å². The number of nitrogens with one attached hydrogen (secondary N) is 2. The van der Waals surface area contributed by atoms with Crippen LogP contribution in [-0.2, 0) is 0 Å². The Morgan fingerprint density at radius 3 is 0.975 bits per heavy atom. The summed E-state index contributed by atoms with van der Waals surface area (Å²) in [5.74, 6) is -1.08. The third-order valence-electron chi connectivity index (χ3n) is 8.47. The Labute approximate surface area is 230 Å². The van der Waals surface area contributed by atoms with Gasteiger partial charge in [0.1, 0.15) is 0 Å². The van der Waals surface area contributed by atoms with Crippen molar-refractivity contribution in [2.24, 2.45) is 0 Å². The summed E-state index contributed by atoms with van der Waals surface area (Å²) >= 11 is 0. The number of hydrogen-bond donors (Lipinski definition) is 2. The predicted molar refractivity (Wildman–Crippen MR) is 154 cm³/mol. The number of amides is 4. The van der Waals surface area contributed by atoms with Crippen molar-refractivity contribution in [2.45, 2.75) is 0 Å². The summed E-state index contributed by atoms with van der Waals surface area (Å²) in [6, 6.07) is 15.0. The number of hydrogen-bond acceptors (Lipinski definition) is 4. The Morgan fingerprint density at radius 2 is 0.725 bits per heavy atom. The van der Waals surface area contributed by atoms with Gasteiger partial charge < -0.3 is 9.80 Å². The summed E-state index contributed by atoms with van der Waals surface area (Å²) in [6.07, 6.45) is 0. The Kier molecular flexibility index (Phi) is 5.26. The second-order valence-corrected chi connectivity index (χ2v) is 11.6. The molecule has 2 N–H and O–H groups in total. The average Bonchev–Trinajstić information content (AvgIpc) is 2.93. The van der Waals surface area contributed by atoms with Crippen LogP contribution in [0.3, 0.4) is 0 Å². The molecule has 200 valence electrons. The summed E-state index contributed by atoms with van der Waals surface area (Å²) in [4.78, 5) is 59.2. The molecule has 0 aliphatic carbocycles. The molecule has 2 aliphatic heterocycles. The minimum atomic E-state index is -0.269. The first-order chi connectivity index (χ1) is 19.2.